The summed E-state index contributed by atoms with van der Waals surface area (Å²) in [5, 5.41) is 8.51. The molecule has 1 atom stereocenters. The molecule has 1 aromatic rings. The van der Waals surface area contributed by atoms with Crippen LogP contribution in [-0.4, -0.2) is 18.9 Å². The molecule has 0 aromatic heterocycles. The average Bonchev–Trinajstić information content (AvgIpc) is 2.46. The van der Waals surface area contributed by atoms with E-state index < -0.39 is 6.17 Å². The van der Waals surface area contributed by atoms with Crippen LogP contribution >= 0.6 is 0 Å². The highest BCUT2D eigenvalue weighted by Gasteiger charge is 2.03. The van der Waals surface area contributed by atoms with Crippen molar-refractivity contribution in [3.8, 4) is 6.07 Å². The molecule has 0 fully saturated rings. The van der Waals surface area contributed by atoms with Gasteiger partial charge in [-0.2, -0.15) is 5.26 Å². The summed E-state index contributed by atoms with van der Waals surface area (Å²) in [4.78, 5) is 3.71. The van der Waals surface area contributed by atoms with Crippen molar-refractivity contribution in [2.24, 2.45) is 10.7 Å². The lowest BCUT2D eigenvalue weighted by Gasteiger charge is -2.00. The van der Waals surface area contributed by atoms with Gasteiger partial charge in [0.05, 0.1) is 17.3 Å². The monoisotopic (exact) mass is 289 g/mol. The molecule has 4 heteroatoms. The van der Waals surface area contributed by atoms with Crippen molar-refractivity contribution in [2.45, 2.75) is 39.8 Å². The van der Waals surface area contributed by atoms with E-state index in [2.05, 4.69) is 18.0 Å². The zero-order valence-electron chi connectivity index (χ0n) is 13.2. The molecular formula is C17H24FN3. The maximum atomic E-state index is 12.5. The quantitative estimate of drug-likeness (QED) is 0.857. The first-order chi connectivity index (χ1) is 9.94. The van der Waals surface area contributed by atoms with E-state index in [9.17, 15) is 4.39 Å². The number of benzene rings is 1. The molecule has 0 saturated carbocycles. The van der Waals surface area contributed by atoms with E-state index in [0.717, 1.165) is 18.4 Å². The molecular weight excluding hydrogens is 265 g/mol. The molecule has 0 radical (unpaired) electrons. The third kappa shape index (κ3) is 8.59. The minimum atomic E-state index is -1.04. The zero-order chi connectivity index (χ0) is 16.3. The Labute approximate surface area is 127 Å². The van der Waals surface area contributed by atoms with Crippen molar-refractivity contribution in [3.63, 3.8) is 0 Å². The first kappa shape index (κ1) is 18.9. The van der Waals surface area contributed by atoms with Crippen molar-refractivity contribution in [1.82, 2.24) is 0 Å². The highest BCUT2D eigenvalue weighted by Crippen LogP contribution is 2.05. The fraction of sp³-hybridized carbons (Fsp3) is 0.412. The van der Waals surface area contributed by atoms with Gasteiger partial charge in [0, 0.05) is 12.7 Å². The molecule has 0 amide bonds. The Morgan fingerprint density at radius 1 is 1.43 bits per heavy atom. The lowest BCUT2D eigenvalue weighted by molar-refractivity contribution is 0.455. The lowest BCUT2D eigenvalue weighted by Crippen LogP contribution is -2.10. The van der Waals surface area contributed by atoms with Gasteiger partial charge in [-0.05, 0) is 44.0 Å². The van der Waals surface area contributed by atoms with Crippen LogP contribution in [0.15, 0.2) is 41.0 Å². The zero-order valence-corrected chi connectivity index (χ0v) is 13.2. The minimum Gasteiger partial charge on any atom is -0.402 e. The van der Waals surface area contributed by atoms with E-state index in [0.29, 0.717) is 11.4 Å². The molecule has 2 N–H and O–H groups in total. The molecule has 1 unspecified atom stereocenters. The number of hydrogen-bond donors (Lipinski definition) is 1. The van der Waals surface area contributed by atoms with Gasteiger partial charge in [0.1, 0.15) is 6.17 Å². The van der Waals surface area contributed by atoms with Crippen molar-refractivity contribution in [3.05, 3.63) is 47.2 Å². The number of aliphatic imine (C=N–C) groups is 1. The van der Waals surface area contributed by atoms with Crippen LogP contribution in [0.25, 0.3) is 0 Å². The van der Waals surface area contributed by atoms with Crippen LogP contribution in [0, 0.1) is 11.3 Å². The Morgan fingerprint density at radius 2 is 2.00 bits per heavy atom. The molecule has 1 rings (SSSR count). The maximum Gasteiger partial charge on any atom is 0.139 e. The van der Waals surface area contributed by atoms with Crippen LogP contribution in [-0.2, 0) is 6.42 Å². The Bertz CT molecular complexity index is 504. The van der Waals surface area contributed by atoms with Crippen molar-refractivity contribution in [2.75, 3.05) is 7.05 Å². The van der Waals surface area contributed by atoms with Gasteiger partial charge in [-0.1, -0.05) is 25.5 Å². The molecule has 0 heterocycles. The topological polar surface area (TPSA) is 62.2 Å². The molecule has 1 aromatic carbocycles. The Morgan fingerprint density at radius 3 is 2.29 bits per heavy atom. The molecule has 21 heavy (non-hydrogen) atoms. The number of nitrogens with two attached hydrogens (primary N) is 1. The van der Waals surface area contributed by atoms with E-state index in [4.69, 9.17) is 11.0 Å². The SMILES string of the molecule is CCCc1ccc(C#N)cc1.CN=C(/C=C(\C)N)C(C)F. The maximum absolute atomic E-state index is 12.5. The van der Waals surface area contributed by atoms with Crippen molar-refractivity contribution < 1.29 is 4.39 Å². The normalized spacial score (nSPS) is 13.0. The lowest BCUT2D eigenvalue weighted by atomic mass is 10.1. The van der Waals surface area contributed by atoms with Crippen LogP contribution in [0.4, 0.5) is 4.39 Å². The average molecular weight is 289 g/mol. The van der Waals surface area contributed by atoms with E-state index in [-0.39, 0.29) is 0 Å². The fourth-order valence-corrected chi connectivity index (χ4v) is 1.63. The van der Waals surface area contributed by atoms with Crippen LogP contribution in [0.3, 0.4) is 0 Å². The summed E-state index contributed by atoms with van der Waals surface area (Å²) >= 11 is 0. The minimum absolute atomic E-state index is 0.389. The summed E-state index contributed by atoms with van der Waals surface area (Å²) in [5.41, 5.74) is 8.34. The van der Waals surface area contributed by atoms with Gasteiger partial charge in [-0.3, -0.25) is 4.99 Å². The fourth-order valence-electron chi connectivity index (χ4n) is 1.63. The molecule has 0 aliphatic rings. The Balaban J connectivity index is 0.000000384. The largest absolute Gasteiger partial charge is 0.402 e. The number of allylic oxidation sites excluding steroid dienone is 2. The second-order valence-corrected chi connectivity index (χ2v) is 4.71. The summed E-state index contributed by atoms with van der Waals surface area (Å²) in [6.45, 7) is 5.29. The van der Waals surface area contributed by atoms with E-state index in [1.54, 1.807) is 14.0 Å². The molecule has 0 saturated heterocycles. The Hall–Kier alpha value is -2.15. The summed E-state index contributed by atoms with van der Waals surface area (Å²) in [6, 6.07) is 9.86. The highest BCUT2D eigenvalue weighted by molar-refractivity contribution is 5.98. The number of nitriles is 1. The molecule has 0 aliphatic heterocycles. The van der Waals surface area contributed by atoms with Gasteiger partial charge in [0.25, 0.3) is 0 Å². The van der Waals surface area contributed by atoms with Crippen molar-refractivity contribution >= 4 is 5.71 Å². The summed E-state index contributed by atoms with van der Waals surface area (Å²) < 4.78 is 12.5. The van der Waals surface area contributed by atoms with Gasteiger partial charge in [-0.25, -0.2) is 4.39 Å². The predicted octanol–water partition coefficient (Wildman–Crippen LogP) is 3.79. The van der Waals surface area contributed by atoms with E-state index >= 15 is 0 Å². The Kier molecular flexibility index (Phi) is 9.53. The summed E-state index contributed by atoms with van der Waals surface area (Å²) in [6.07, 6.45) is 2.76. The number of nitrogens with zero attached hydrogens (tertiary/aromatic N) is 2. The van der Waals surface area contributed by atoms with Crippen molar-refractivity contribution in [1.29, 1.82) is 5.26 Å². The summed E-state index contributed by atoms with van der Waals surface area (Å²) in [5.74, 6) is 0. The number of alkyl halides is 1. The number of rotatable bonds is 4. The standard InChI is InChI=1S/C10H11N.C7H13FN2/c1-2-3-9-4-6-10(8-11)7-5-9;1-5(9)4-7(10-3)6(2)8/h4-7H,2-3H2,1H3;4,6H,9H2,1-3H3/b;5-4+,10-7?. The van der Waals surface area contributed by atoms with Gasteiger partial charge in [0.15, 0.2) is 0 Å². The molecule has 114 valence electrons. The van der Waals surface area contributed by atoms with Crippen LogP contribution < -0.4 is 5.73 Å². The van der Waals surface area contributed by atoms with Gasteiger partial charge in [-0.15, -0.1) is 0 Å². The first-order valence-corrected chi connectivity index (χ1v) is 6.98. The second-order valence-electron chi connectivity index (χ2n) is 4.71. The van der Waals surface area contributed by atoms with E-state index in [1.807, 2.05) is 24.3 Å². The van der Waals surface area contributed by atoms with Crippen LogP contribution in [0.2, 0.25) is 0 Å². The second kappa shape index (κ2) is 10.6. The van der Waals surface area contributed by atoms with Gasteiger partial charge in [0.2, 0.25) is 0 Å². The van der Waals surface area contributed by atoms with Crippen LogP contribution in [0.5, 0.6) is 0 Å². The highest BCUT2D eigenvalue weighted by atomic mass is 19.1. The van der Waals surface area contributed by atoms with Gasteiger partial charge < -0.3 is 5.73 Å². The van der Waals surface area contributed by atoms with Crippen LogP contribution in [0.1, 0.15) is 38.3 Å². The third-order valence-corrected chi connectivity index (χ3v) is 2.66. The molecule has 0 aliphatic carbocycles. The molecule has 3 nitrogen and oxygen atoms in total. The van der Waals surface area contributed by atoms with E-state index in [1.165, 1.54) is 18.6 Å². The number of halogens is 1. The number of hydrogen-bond acceptors (Lipinski definition) is 3. The number of aryl methyl sites for hydroxylation is 1. The molecule has 0 bridgehead atoms. The third-order valence-electron chi connectivity index (χ3n) is 2.66. The van der Waals surface area contributed by atoms with Gasteiger partial charge >= 0.3 is 0 Å². The molecule has 0 spiro atoms. The predicted molar refractivity (Wildman–Crippen MR) is 87.0 cm³/mol. The first-order valence-electron chi connectivity index (χ1n) is 6.98. The smallest absolute Gasteiger partial charge is 0.139 e. The summed E-state index contributed by atoms with van der Waals surface area (Å²) in [7, 11) is 1.55.